The van der Waals surface area contributed by atoms with Gasteiger partial charge in [-0.15, -0.1) is 0 Å². The number of benzene rings is 2. The summed E-state index contributed by atoms with van der Waals surface area (Å²) in [5.74, 6) is -6.49. The monoisotopic (exact) mass is 466 g/mol. The molecule has 2 heterocycles. The first-order valence-corrected chi connectivity index (χ1v) is 10.5. The average Bonchev–Trinajstić information content (AvgIpc) is 3.14. The maximum absolute atomic E-state index is 15.0. The van der Waals surface area contributed by atoms with Gasteiger partial charge in [-0.25, -0.2) is 13.2 Å². The zero-order valence-electron chi connectivity index (χ0n) is 17.6. The van der Waals surface area contributed by atoms with Gasteiger partial charge < -0.3 is 10.4 Å². The number of hydrogen-bond donors (Lipinski definition) is 3. The first-order valence-electron chi connectivity index (χ1n) is 10.1. The molecule has 0 unspecified atom stereocenters. The van der Waals surface area contributed by atoms with Crippen LogP contribution in [0.1, 0.15) is 44.2 Å². The van der Waals surface area contributed by atoms with Crippen LogP contribution in [0.25, 0.3) is 0 Å². The van der Waals surface area contributed by atoms with Gasteiger partial charge in [0.2, 0.25) is 5.91 Å². The molecule has 1 fully saturated rings. The normalized spacial score (nSPS) is 27.0. The Labute approximate surface area is 188 Å². The molecular weight excluding hydrogens is 445 g/mol. The molecule has 4 rings (SSSR count). The molecule has 0 bridgehead atoms. The number of rotatable bonds is 3. The standard InChI is InChI=1S/C23H22ClF3N2O3/c1-22(2,3)9-16-23(11-7-14(26)12(24)8-15(11)28-21(23)32)17(19(29-16)20(30)31)10-5-4-6-13(25)18(10)27/h4-8,16-17,19,29H,9H2,1-3H3,(H,28,32)(H,30,31)/t16-,17-,19+,23+/m0/s1. The SMILES string of the molecule is CC(C)(C)C[C@@H]1N[C@@H](C(=O)O)[C@H](c2cccc(F)c2F)[C@]12C(=O)Nc1cc(Cl)c(F)cc12. The van der Waals surface area contributed by atoms with E-state index in [0.29, 0.717) is 6.42 Å². The number of hydrogen-bond acceptors (Lipinski definition) is 3. The Hall–Kier alpha value is -2.58. The highest BCUT2D eigenvalue weighted by Crippen LogP contribution is 2.57. The van der Waals surface area contributed by atoms with Gasteiger partial charge in [-0.1, -0.05) is 44.5 Å². The average molecular weight is 467 g/mol. The molecule has 9 heteroatoms. The molecule has 170 valence electrons. The number of carbonyl (C=O) groups excluding carboxylic acids is 1. The van der Waals surface area contributed by atoms with Crippen molar-refractivity contribution >= 4 is 29.2 Å². The number of carbonyl (C=O) groups is 2. The van der Waals surface area contributed by atoms with Gasteiger partial charge in [0.05, 0.1) is 5.02 Å². The minimum absolute atomic E-state index is 0.170. The molecule has 1 saturated heterocycles. The Kier molecular flexibility index (Phi) is 5.29. The molecule has 2 aromatic rings. The molecular formula is C23H22ClF3N2O3. The van der Waals surface area contributed by atoms with E-state index < -0.39 is 52.7 Å². The van der Waals surface area contributed by atoms with Crippen LogP contribution in [0.2, 0.25) is 5.02 Å². The van der Waals surface area contributed by atoms with E-state index in [-0.39, 0.29) is 27.3 Å². The van der Waals surface area contributed by atoms with Crippen LogP contribution in [0.4, 0.5) is 18.9 Å². The lowest BCUT2D eigenvalue weighted by molar-refractivity contribution is -0.139. The first kappa shape index (κ1) is 22.6. The van der Waals surface area contributed by atoms with Gasteiger partial charge in [0.15, 0.2) is 11.6 Å². The van der Waals surface area contributed by atoms with Crippen molar-refractivity contribution in [1.82, 2.24) is 5.32 Å². The van der Waals surface area contributed by atoms with E-state index in [1.807, 2.05) is 20.8 Å². The fourth-order valence-electron chi connectivity index (χ4n) is 5.15. The molecule has 1 spiro atoms. The molecule has 5 nitrogen and oxygen atoms in total. The highest BCUT2D eigenvalue weighted by molar-refractivity contribution is 6.31. The Bertz CT molecular complexity index is 1130. The van der Waals surface area contributed by atoms with Crippen molar-refractivity contribution in [1.29, 1.82) is 0 Å². The third-order valence-electron chi connectivity index (χ3n) is 6.28. The molecule has 0 aromatic heterocycles. The third kappa shape index (κ3) is 3.28. The summed E-state index contributed by atoms with van der Waals surface area (Å²) in [5.41, 5.74) is -1.96. The van der Waals surface area contributed by atoms with Gasteiger partial charge in [-0.05, 0) is 41.2 Å². The number of nitrogens with one attached hydrogen (secondary N) is 2. The summed E-state index contributed by atoms with van der Waals surface area (Å²) < 4.78 is 43.8. The van der Waals surface area contributed by atoms with Crippen LogP contribution >= 0.6 is 11.6 Å². The Morgan fingerprint density at radius 3 is 2.50 bits per heavy atom. The number of carboxylic acid groups (broad SMARTS) is 1. The van der Waals surface area contributed by atoms with Crippen molar-refractivity contribution in [3.63, 3.8) is 0 Å². The second kappa shape index (κ2) is 7.49. The summed E-state index contributed by atoms with van der Waals surface area (Å²) in [6.07, 6.45) is 0.307. The number of aliphatic carboxylic acids is 1. The fourth-order valence-corrected chi connectivity index (χ4v) is 5.31. The molecule has 4 atom stereocenters. The highest BCUT2D eigenvalue weighted by Gasteiger charge is 2.66. The highest BCUT2D eigenvalue weighted by atomic mass is 35.5. The Morgan fingerprint density at radius 1 is 1.19 bits per heavy atom. The summed E-state index contributed by atoms with van der Waals surface area (Å²) in [7, 11) is 0. The fraction of sp³-hybridized carbons (Fsp3) is 0.391. The lowest BCUT2D eigenvalue weighted by atomic mass is 9.62. The van der Waals surface area contributed by atoms with Crippen LogP contribution in [0.3, 0.4) is 0 Å². The summed E-state index contributed by atoms with van der Waals surface area (Å²) in [4.78, 5) is 25.9. The van der Waals surface area contributed by atoms with Crippen LogP contribution in [0.5, 0.6) is 0 Å². The van der Waals surface area contributed by atoms with Crippen molar-refractivity contribution in [2.24, 2.45) is 5.41 Å². The predicted octanol–water partition coefficient (Wildman–Crippen LogP) is 4.59. The number of carboxylic acids is 1. The molecule has 2 aliphatic rings. The zero-order valence-corrected chi connectivity index (χ0v) is 18.4. The van der Waals surface area contributed by atoms with E-state index in [1.54, 1.807) is 0 Å². The molecule has 0 saturated carbocycles. The molecule has 1 amide bonds. The minimum atomic E-state index is -1.70. The largest absolute Gasteiger partial charge is 0.480 e. The summed E-state index contributed by atoms with van der Waals surface area (Å²) in [5, 5.41) is 15.4. The van der Waals surface area contributed by atoms with Crippen molar-refractivity contribution < 1.29 is 27.9 Å². The predicted molar refractivity (Wildman–Crippen MR) is 113 cm³/mol. The van der Waals surface area contributed by atoms with Crippen molar-refractivity contribution in [2.75, 3.05) is 5.32 Å². The van der Waals surface area contributed by atoms with Crippen LogP contribution in [-0.4, -0.2) is 29.1 Å². The van der Waals surface area contributed by atoms with E-state index in [4.69, 9.17) is 11.6 Å². The smallest absolute Gasteiger partial charge is 0.321 e. The first-order chi connectivity index (χ1) is 14.9. The summed E-state index contributed by atoms with van der Waals surface area (Å²) in [6.45, 7) is 5.72. The number of amides is 1. The second-order valence-electron chi connectivity index (χ2n) is 9.56. The molecule has 3 N–H and O–H groups in total. The number of halogens is 4. The van der Waals surface area contributed by atoms with Crippen LogP contribution in [0.15, 0.2) is 30.3 Å². The molecule has 2 aromatic carbocycles. The maximum Gasteiger partial charge on any atom is 0.321 e. The van der Waals surface area contributed by atoms with Gasteiger partial charge in [0.25, 0.3) is 0 Å². The van der Waals surface area contributed by atoms with E-state index >= 15 is 4.39 Å². The van der Waals surface area contributed by atoms with Crippen molar-refractivity contribution in [3.8, 4) is 0 Å². The van der Waals surface area contributed by atoms with Gasteiger partial charge >= 0.3 is 5.97 Å². The lowest BCUT2D eigenvalue weighted by Crippen LogP contribution is -2.49. The van der Waals surface area contributed by atoms with Gasteiger partial charge in [-0.2, -0.15) is 0 Å². The number of anilines is 1. The van der Waals surface area contributed by atoms with Gasteiger partial charge in [0, 0.05) is 17.6 Å². The van der Waals surface area contributed by atoms with Crippen LogP contribution < -0.4 is 10.6 Å². The van der Waals surface area contributed by atoms with E-state index in [9.17, 15) is 23.5 Å². The van der Waals surface area contributed by atoms with Crippen molar-refractivity contribution in [3.05, 3.63) is 63.9 Å². The summed E-state index contributed by atoms with van der Waals surface area (Å²) in [6, 6.07) is 3.54. The van der Waals surface area contributed by atoms with Gasteiger partial charge in [0.1, 0.15) is 17.3 Å². The zero-order chi connectivity index (χ0) is 23.6. The quantitative estimate of drug-likeness (QED) is 0.618. The summed E-state index contributed by atoms with van der Waals surface area (Å²) >= 11 is 5.91. The molecule has 32 heavy (non-hydrogen) atoms. The Balaban J connectivity index is 2.06. The molecule has 0 radical (unpaired) electrons. The van der Waals surface area contributed by atoms with Crippen LogP contribution in [-0.2, 0) is 15.0 Å². The third-order valence-corrected chi connectivity index (χ3v) is 6.57. The Morgan fingerprint density at radius 2 is 1.88 bits per heavy atom. The van der Waals surface area contributed by atoms with E-state index in [2.05, 4.69) is 10.6 Å². The lowest BCUT2D eigenvalue weighted by Gasteiger charge is -2.37. The maximum atomic E-state index is 15.0. The van der Waals surface area contributed by atoms with Gasteiger partial charge in [-0.3, -0.25) is 14.9 Å². The second-order valence-corrected chi connectivity index (χ2v) is 9.96. The topological polar surface area (TPSA) is 78.4 Å². The van der Waals surface area contributed by atoms with E-state index in [0.717, 1.165) is 12.1 Å². The van der Waals surface area contributed by atoms with Crippen molar-refractivity contribution in [2.45, 2.75) is 50.6 Å². The minimum Gasteiger partial charge on any atom is -0.480 e. The van der Waals surface area contributed by atoms with Crippen LogP contribution in [0, 0.1) is 22.9 Å². The molecule has 2 aliphatic heterocycles. The van der Waals surface area contributed by atoms with E-state index in [1.165, 1.54) is 18.2 Å². The molecule has 0 aliphatic carbocycles. The number of fused-ring (bicyclic) bond motifs is 2.